The van der Waals surface area contributed by atoms with Crippen molar-refractivity contribution in [1.29, 1.82) is 0 Å². The van der Waals surface area contributed by atoms with Crippen LogP contribution in [0.15, 0.2) is 33.9 Å². The van der Waals surface area contributed by atoms with Crippen LogP contribution >= 0.6 is 0 Å². The minimum atomic E-state index is -0.655. The van der Waals surface area contributed by atoms with E-state index >= 15 is 0 Å². The van der Waals surface area contributed by atoms with E-state index in [1.165, 1.54) is 18.7 Å². The number of hydrogen-bond acceptors (Lipinski definition) is 5. The summed E-state index contributed by atoms with van der Waals surface area (Å²) in [6.45, 7) is 2.05. The summed E-state index contributed by atoms with van der Waals surface area (Å²) in [7, 11) is 2.76. The lowest BCUT2D eigenvalue weighted by Gasteiger charge is -2.05. The second-order valence-electron chi connectivity index (χ2n) is 5.62. The zero-order valence-corrected chi connectivity index (χ0v) is 13.4. The molecule has 3 aromatic rings. The summed E-state index contributed by atoms with van der Waals surface area (Å²) < 4.78 is 3.29. The molecule has 0 radical (unpaired) electrons. The van der Waals surface area contributed by atoms with E-state index in [9.17, 15) is 19.7 Å². The quantitative estimate of drug-likeness (QED) is 0.519. The van der Waals surface area contributed by atoms with E-state index in [-0.39, 0.29) is 17.7 Å². The molecule has 9 nitrogen and oxygen atoms in total. The molecule has 24 heavy (non-hydrogen) atoms. The Kier molecular flexibility index (Phi) is 3.55. The number of aromatic nitrogens is 4. The highest BCUT2D eigenvalue weighted by molar-refractivity contribution is 5.73. The lowest BCUT2D eigenvalue weighted by molar-refractivity contribution is -0.396. The minimum Gasteiger partial charge on any atom is -0.390 e. The minimum absolute atomic E-state index is 0.00177. The van der Waals surface area contributed by atoms with Gasteiger partial charge in [0.1, 0.15) is 0 Å². The van der Waals surface area contributed by atoms with Crippen LogP contribution in [0.1, 0.15) is 11.1 Å². The zero-order valence-electron chi connectivity index (χ0n) is 13.4. The smallest absolute Gasteiger partial charge is 0.390 e. The molecule has 0 unspecified atom stereocenters. The Bertz CT molecular complexity index is 1070. The summed E-state index contributed by atoms with van der Waals surface area (Å²) >= 11 is 0. The summed E-state index contributed by atoms with van der Waals surface area (Å²) in [4.78, 5) is 39.1. The van der Waals surface area contributed by atoms with Crippen LogP contribution in [0.4, 0.5) is 5.95 Å². The molecule has 124 valence electrons. The van der Waals surface area contributed by atoms with Gasteiger partial charge in [0.05, 0.1) is 6.54 Å². The van der Waals surface area contributed by atoms with Crippen LogP contribution in [-0.4, -0.2) is 23.6 Å². The van der Waals surface area contributed by atoms with Crippen LogP contribution in [0.5, 0.6) is 0 Å². The maximum Gasteiger partial charge on any atom is 0.437 e. The van der Waals surface area contributed by atoms with Gasteiger partial charge in [0.25, 0.3) is 11.2 Å². The van der Waals surface area contributed by atoms with Crippen LogP contribution in [0.25, 0.3) is 11.2 Å². The second kappa shape index (κ2) is 5.44. The Balaban J connectivity index is 2.34. The first-order valence-electron chi connectivity index (χ1n) is 7.17. The molecule has 0 aliphatic carbocycles. The number of nitro groups is 1. The van der Waals surface area contributed by atoms with Crippen molar-refractivity contribution < 1.29 is 4.92 Å². The van der Waals surface area contributed by atoms with Gasteiger partial charge in [-0.3, -0.25) is 13.9 Å². The van der Waals surface area contributed by atoms with E-state index in [0.29, 0.717) is 0 Å². The molecule has 0 amide bonds. The van der Waals surface area contributed by atoms with Crippen molar-refractivity contribution in [2.75, 3.05) is 0 Å². The Hall–Kier alpha value is -3.23. The van der Waals surface area contributed by atoms with Crippen LogP contribution in [0.3, 0.4) is 0 Å². The molecule has 0 saturated carbocycles. The topological polar surface area (TPSA) is 105 Å². The summed E-state index contributed by atoms with van der Waals surface area (Å²) in [5.41, 5.74) is 0.693. The van der Waals surface area contributed by atoms with Gasteiger partial charge in [-0.1, -0.05) is 29.8 Å². The van der Waals surface area contributed by atoms with Crippen molar-refractivity contribution in [2.45, 2.75) is 13.5 Å². The fourth-order valence-electron chi connectivity index (χ4n) is 2.60. The van der Waals surface area contributed by atoms with E-state index in [1.807, 2.05) is 31.2 Å². The van der Waals surface area contributed by atoms with Crippen molar-refractivity contribution in [3.63, 3.8) is 0 Å². The number of rotatable bonds is 3. The van der Waals surface area contributed by atoms with Crippen molar-refractivity contribution in [1.82, 2.24) is 18.7 Å². The van der Waals surface area contributed by atoms with Gasteiger partial charge in [0.2, 0.25) is 5.52 Å². The third-order valence-corrected chi connectivity index (χ3v) is 3.95. The fourth-order valence-corrected chi connectivity index (χ4v) is 2.60. The summed E-state index contributed by atoms with van der Waals surface area (Å²) in [6, 6.07) is 7.43. The van der Waals surface area contributed by atoms with Crippen molar-refractivity contribution in [3.05, 3.63) is 66.3 Å². The first-order valence-corrected chi connectivity index (χ1v) is 7.17. The van der Waals surface area contributed by atoms with Crippen LogP contribution in [-0.2, 0) is 20.6 Å². The number of imidazole rings is 1. The zero-order chi connectivity index (χ0) is 17.6. The predicted octanol–water partition coefficient (Wildman–Crippen LogP) is 0.699. The van der Waals surface area contributed by atoms with Gasteiger partial charge in [-0.2, -0.15) is 0 Å². The predicted molar refractivity (Wildman–Crippen MR) is 87.2 cm³/mol. The average Bonchev–Trinajstić information content (AvgIpc) is 2.92. The molecular weight excluding hydrogens is 314 g/mol. The lowest BCUT2D eigenvalue weighted by Crippen LogP contribution is -2.37. The summed E-state index contributed by atoms with van der Waals surface area (Å²) in [5, 5.41) is 11.4. The molecule has 0 spiro atoms. The highest BCUT2D eigenvalue weighted by Crippen LogP contribution is 2.19. The number of fused-ring (bicyclic) bond motifs is 1. The number of nitrogens with zero attached hydrogens (tertiary/aromatic N) is 5. The molecule has 3 rings (SSSR count). The Labute approximate surface area is 135 Å². The molecule has 0 aliphatic heterocycles. The fraction of sp³-hybridized carbons (Fsp3) is 0.267. The molecule has 0 atom stereocenters. The molecule has 0 saturated heterocycles. The molecule has 0 bridgehead atoms. The van der Waals surface area contributed by atoms with E-state index < -0.39 is 22.1 Å². The molecule has 0 N–H and O–H groups in total. The largest absolute Gasteiger partial charge is 0.437 e. The molecule has 2 aromatic heterocycles. The second-order valence-corrected chi connectivity index (χ2v) is 5.62. The number of benzene rings is 1. The monoisotopic (exact) mass is 329 g/mol. The average molecular weight is 329 g/mol. The SMILES string of the molecule is Cc1ccc(Cn2c([N+](=O)[O-])nc3c2c(=O)n(C)c(=O)n3C)cc1. The molecule has 2 heterocycles. The molecule has 0 fully saturated rings. The van der Waals surface area contributed by atoms with Crippen molar-refractivity contribution in [3.8, 4) is 0 Å². The first kappa shape index (κ1) is 15.7. The Morgan fingerprint density at radius 3 is 2.33 bits per heavy atom. The summed E-state index contributed by atoms with van der Waals surface area (Å²) in [5.74, 6) is -0.469. The van der Waals surface area contributed by atoms with Gasteiger partial charge < -0.3 is 10.1 Å². The molecule has 9 heteroatoms. The van der Waals surface area contributed by atoms with Gasteiger partial charge in [0, 0.05) is 14.1 Å². The Morgan fingerprint density at radius 2 is 1.75 bits per heavy atom. The van der Waals surface area contributed by atoms with Crippen LogP contribution in [0.2, 0.25) is 0 Å². The first-order chi connectivity index (χ1) is 11.3. The van der Waals surface area contributed by atoms with Gasteiger partial charge in [-0.15, -0.1) is 0 Å². The maximum absolute atomic E-state index is 12.5. The van der Waals surface area contributed by atoms with E-state index in [2.05, 4.69) is 4.98 Å². The van der Waals surface area contributed by atoms with E-state index in [4.69, 9.17) is 0 Å². The normalized spacial score (nSPS) is 11.1. The highest BCUT2D eigenvalue weighted by Gasteiger charge is 2.28. The molecule has 0 aliphatic rings. The molecule has 1 aromatic carbocycles. The van der Waals surface area contributed by atoms with Crippen LogP contribution in [0, 0.1) is 17.0 Å². The third kappa shape index (κ3) is 2.30. The highest BCUT2D eigenvalue weighted by atomic mass is 16.6. The van der Waals surface area contributed by atoms with Gasteiger partial charge in [-0.05, 0) is 22.4 Å². The summed E-state index contributed by atoms with van der Waals surface area (Å²) in [6.07, 6.45) is 0. The number of hydrogen-bond donors (Lipinski definition) is 0. The number of aryl methyl sites for hydroxylation is 2. The van der Waals surface area contributed by atoms with Crippen molar-refractivity contribution in [2.24, 2.45) is 14.1 Å². The van der Waals surface area contributed by atoms with Gasteiger partial charge in [0.15, 0.2) is 0 Å². The maximum atomic E-state index is 12.5. The third-order valence-electron chi connectivity index (χ3n) is 3.95. The lowest BCUT2D eigenvalue weighted by atomic mass is 10.1. The van der Waals surface area contributed by atoms with Crippen LogP contribution < -0.4 is 11.2 Å². The van der Waals surface area contributed by atoms with E-state index in [1.54, 1.807) is 0 Å². The standard InChI is InChI=1S/C15H15N5O4/c1-9-4-6-10(7-5-9)8-19-11-12(16-14(19)20(23)24)17(2)15(22)18(3)13(11)21/h4-7H,8H2,1-3H3. The van der Waals surface area contributed by atoms with Crippen molar-refractivity contribution >= 4 is 17.1 Å². The van der Waals surface area contributed by atoms with E-state index in [0.717, 1.165) is 20.3 Å². The Morgan fingerprint density at radius 1 is 1.12 bits per heavy atom. The molecular formula is C15H15N5O4. The van der Waals surface area contributed by atoms with Gasteiger partial charge >= 0.3 is 11.6 Å². The van der Waals surface area contributed by atoms with Gasteiger partial charge in [-0.25, -0.2) is 9.36 Å².